The zero-order valence-corrected chi connectivity index (χ0v) is 22.7. The molecule has 2 nitrogen and oxygen atoms in total. The quantitative estimate of drug-likeness (QED) is 0.197. The van der Waals surface area contributed by atoms with Crippen LogP contribution in [0.3, 0.4) is 0 Å². The van der Waals surface area contributed by atoms with Crippen molar-refractivity contribution in [2.45, 2.75) is 0 Å². The van der Waals surface area contributed by atoms with Gasteiger partial charge in [0.15, 0.2) is 0 Å². The Labute approximate surface area is 281 Å². The lowest BCUT2D eigenvalue weighted by Gasteiger charge is -2.14. The molecular formula is C42H28N2. The van der Waals surface area contributed by atoms with Gasteiger partial charge >= 0.3 is 0 Å². The second-order valence-electron chi connectivity index (χ2n) is 10.0. The number of hydrogen-bond acceptors (Lipinski definition) is 0. The average Bonchev–Trinajstić information content (AvgIpc) is 3.77. The molecule has 9 aromatic rings. The Hall–Kier alpha value is -5.86. The summed E-state index contributed by atoms with van der Waals surface area (Å²) in [5.74, 6) is 0. The van der Waals surface area contributed by atoms with Crippen molar-refractivity contribution in [2.75, 3.05) is 0 Å². The zero-order chi connectivity index (χ0) is 44.7. The molecule has 9 rings (SSSR count). The van der Waals surface area contributed by atoms with E-state index in [1.165, 1.54) is 9.13 Å². The molecule has 2 heterocycles. The summed E-state index contributed by atoms with van der Waals surface area (Å²) in [5, 5.41) is 2.17. The lowest BCUT2D eigenvalue weighted by Crippen LogP contribution is -1.99. The van der Waals surface area contributed by atoms with Crippen molar-refractivity contribution in [3.8, 4) is 33.6 Å². The first-order chi connectivity index (χ1) is 29.3. The van der Waals surface area contributed by atoms with E-state index in [1.807, 2.05) is 0 Å². The maximum Gasteiger partial charge on any atom is 0.0788 e. The molecule has 0 aliphatic heterocycles. The summed E-state index contributed by atoms with van der Waals surface area (Å²) in [7, 11) is 0. The van der Waals surface area contributed by atoms with E-state index in [0.29, 0.717) is 32.6 Å². The number of aromatic nitrogens is 2. The van der Waals surface area contributed by atoms with Crippen LogP contribution < -0.4 is 0 Å². The van der Waals surface area contributed by atoms with Crippen molar-refractivity contribution < 1.29 is 24.7 Å². The summed E-state index contributed by atoms with van der Waals surface area (Å²) in [6, 6.07) is 5.05. The third-order valence-electron chi connectivity index (χ3n) is 7.64. The summed E-state index contributed by atoms with van der Waals surface area (Å²) in [4.78, 5) is 0. The van der Waals surface area contributed by atoms with Gasteiger partial charge in [0.1, 0.15) is 0 Å². The molecule has 0 aliphatic carbocycles. The van der Waals surface area contributed by atoms with Crippen LogP contribution in [-0.2, 0) is 0 Å². The normalized spacial score (nSPS) is 17.4. The predicted octanol–water partition coefficient (Wildman–Crippen LogP) is 11.2. The Balaban J connectivity index is 1.52. The highest BCUT2D eigenvalue weighted by atomic mass is 15.0. The molecule has 0 aliphatic rings. The van der Waals surface area contributed by atoms with E-state index in [9.17, 15) is 5.48 Å². The largest absolute Gasteiger partial charge is 0.307 e. The number of hydrogen-bond donors (Lipinski definition) is 0. The zero-order valence-electron chi connectivity index (χ0n) is 40.7. The second kappa shape index (κ2) is 9.86. The molecule has 0 unspecified atom stereocenters. The van der Waals surface area contributed by atoms with Gasteiger partial charge in [-0.2, -0.15) is 0 Å². The first-order valence-corrected chi connectivity index (χ1v) is 13.7. The lowest BCUT2D eigenvalue weighted by molar-refractivity contribution is 1.15. The Morgan fingerprint density at radius 2 is 0.773 bits per heavy atom. The fraction of sp³-hybridized carbons (Fsp3) is 0. The molecule has 0 saturated carbocycles. The van der Waals surface area contributed by atoms with Crippen molar-refractivity contribution in [3.63, 3.8) is 0 Å². The molecule has 44 heavy (non-hydrogen) atoms. The van der Waals surface area contributed by atoms with Crippen molar-refractivity contribution in [3.05, 3.63) is 169 Å². The van der Waals surface area contributed by atoms with E-state index >= 15 is 0 Å². The van der Waals surface area contributed by atoms with Gasteiger partial charge < -0.3 is 9.13 Å². The summed E-state index contributed by atoms with van der Waals surface area (Å²) in [6.45, 7) is 0. The first kappa shape index (κ1) is 12.8. The minimum Gasteiger partial charge on any atom is -0.307 e. The predicted molar refractivity (Wildman–Crippen MR) is 186 cm³/mol. The van der Waals surface area contributed by atoms with Crippen LogP contribution in [0.15, 0.2) is 169 Å². The van der Waals surface area contributed by atoms with Crippen LogP contribution >= 0.6 is 0 Å². The first-order valence-electron chi connectivity index (χ1n) is 22.7. The van der Waals surface area contributed by atoms with Gasteiger partial charge in [0.25, 0.3) is 0 Å². The molecule has 0 saturated heterocycles. The summed E-state index contributed by atoms with van der Waals surface area (Å²) in [6.07, 6.45) is 0. The van der Waals surface area contributed by atoms with E-state index in [-0.39, 0.29) is 22.4 Å². The number of nitrogens with zero attached hydrogens (tertiary/aromatic N) is 2. The van der Waals surface area contributed by atoms with Gasteiger partial charge in [-0.1, -0.05) is 133 Å². The van der Waals surface area contributed by atoms with Crippen LogP contribution in [0.25, 0.3) is 77.2 Å². The Morgan fingerprint density at radius 1 is 0.364 bits per heavy atom. The molecule has 0 spiro atoms. The molecule has 7 aromatic carbocycles. The van der Waals surface area contributed by atoms with Gasteiger partial charge in [0.2, 0.25) is 0 Å². The molecule has 2 aromatic heterocycles. The highest BCUT2D eigenvalue weighted by Gasteiger charge is 2.21. The Bertz CT molecular complexity index is 3230. The van der Waals surface area contributed by atoms with Crippen LogP contribution in [0, 0.1) is 0 Å². The smallest absolute Gasteiger partial charge is 0.0788 e. The van der Waals surface area contributed by atoms with Crippen molar-refractivity contribution in [1.29, 1.82) is 0 Å². The maximum absolute atomic E-state index is 9.67. The lowest BCUT2D eigenvalue weighted by atomic mass is 10.0. The van der Waals surface area contributed by atoms with Crippen LogP contribution in [0.5, 0.6) is 0 Å². The Morgan fingerprint density at radius 3 is 1.23 bits per heavy atom. The minimum absolute atomic E-state index is 0.246. The molecule has 0 bridgehead atoms. The minimum atomic E-state index is -0.723. The molecule has 0 atom stereocenters. The highest BCUT2D eigenvalue weighted by molar-refractivity contribution is 6.23. The molecule has 0 N–H and O–H groups in total. The summed E-state index contributed by atoms with van der Waals surface area (Å²) < 4.78 is 161. The number of rotatable bonds is 4. The van der Waals surface area contributed by atoms with Crippen molar-refractivity contribution in [1.82, 2.24) is 9.13 Å². The van der Waals surface area contributed by atoms with Crippen LogP contribution in [0.1, 0.15) is 24.7 Å². The summed E-state index contributed by atoms with van der Waals surface area (Å²) in [5.41, 5.74) is -1.28. The summed E-state index contributed by atoms with van der Waals surface area (Å²) >= 11 is 0. The number of benzene rings is 7. The topological polar surface area (TPSA) is 9.86 Å². The van der Waals surface area contributed by atoms with Gasteiger partial charge in [0.05, 0.1) is 46.7 Å². The van der Waals surface area contributed by atoms with E-state index in [0.717, 1.165) is 0 Å². The molecule has 206 valence electrons. The highest BCUT2D eigenvalue weighted by Crippen LogP contribution is 2.42. The van der Waals surface area contributed by atoms with Crippen LogP contribution in [0.2, 0.25) is 0 Å². The standard InChI is InChI=1S/C42H28N2/c1-3-13-29(14-4-1)31-17-11-19-33(27-31)43-39-23-9-7-21-35(39)37-25-26-38-36-22-8-10-24-40(36)44(42(38)41(37)43)34-20-12-18-32(28-34)30-15-5-2-6-16-30/h1-28H/i1D,2D,3D,4D,5D,6D,11D,12D,13D,14D,15D,16D,17D,18D,19D,20D,27D,28D. The van der Waals surface area contributed by atoms with Crippen LogP contribution in [-0.4, -0.2) is 9.13 Å². The van der Waals surface area contributed by atoms with Gasteiger partial charge in [-0.25, -0.2) is 0 Å². The molecular weight excluding hydrogens is 532 g/mol. The Kier molecular flexibility index (Phi) is 2.87. The fourth-order valence-corrected chi connectivity index (χ4v) is 5.86. The molecule has 0 fully saturated rings. The van der Waals surface area contributed by atoms with Gasteiger partial charge in [-0.05, 0) is 58.6 Å². The van der Waals surface area contributed by atoms with E-state index in [1.54, 1.807) is 60.7 Å². The van der Waals surface area contributed by atoms with Gasteiger partial charge in [0, 0.05) is 32.9 Å². The fourth-order valence-electron chi connectivity index (χ4n) is 5.86. The number of para-hydroxylation sites is 2. The third-order valence-corrected chi connectivity index (χ3v) is 7.64. The molecule has 0 radical (unpaired) electrons. The monoisotopic (exact) mass is 578 g/mol. The number of fused-ring (bicyclic) bond motifs is 7. The van der Waals surface area contributed by atoms with Crippen LogP contribution in [0.4, 0.5) is 0 Å². The van der Waals surface area contributed by atoms with E-state index in [2.05, 4.69) is 0 Å². The second-order valence-corrected chi connectivity index (χ2v) is 10.0. The maximum atomic E-state index is 9.67. The van der Waals surface area contributed by atoms with Gasteiger partial charge in [-0.15, -0.1) is 0 Å². The SMILES string of the molecule is [2H]c1c([2H])c([2H])c(-c2c([2H])c([2H])c([2H])c(-n3c4ccccc4c4ccc5c6ccccc6n(-c6c([2H])c([2H])c([2H])c(-c7c([2H])c([2H])c([2H])c([2H])c7[2H])c6[2H])c5c43)c2[2H])c([2H])c1[2H]. The van der Waals surface area contributed by atoms with Crippen molar-refractivity contribution in [2.24, 2.45) is 0 Å². The van der Waals surface area contributed by atoms with Gasteiger partial charge in [-0.3, -0.25) is 0 Å². The molecule has 2 heteroatoms. The van der Waals surface area contributed by atoms with Crippen molar-refractivity contribution >= 4 is 43.6 Å². The van der Waals surface area contributed by atoms with E-state index in [4.69, 9.17) is 19.2 Å². The molecule has 0 amide bonds. The average molecular weight is 579 g/mol. The third kappa shape index (κ3) is 3.75. The van der Waals surface area contributed by atoms with E-state index < -0.39 is 131 Å².